The van der Waals surface area contributed by atoms with Gasteiger partial charge in [-0.2, -0.15) is 0 Å². The molecule has 2 N–H and O–H groups in total. The zero-order valence-corrected chi connectivity index (χ0v) is 14.7. The highest BCUT2D eigenvalue weighted by atomic mass is 16.2. The van der Waals surface area contributed by atoms with Crippen LogP contribution in [0.25, 0.3) is 0 Å². The zero-order valence-electron chi connectivity index (χ0n) is 14.7. The first-order valence-corrected chi connectivity index (χ1v) is 8.35. The molecule has 0 aliphatic rings. The van der Waals surface area contributed by atoms with Crippen molar-refractivity contribution in [2.45, 2.75) is 32.7 Å². The number of rotatable bonds is 7. The van der Waals surface area contributed by atoms with Crippen molar-refractivity contribution in [3.05, 3.63) is 83.9 Å². The van der Waals surface area contributed by atoms with Gasteiger partial charge in [0.1, 0.15) is 0 Å². The van der Waals surface area contributed by atoms with Gasteiger partial charge in [-0.15, -0.1) is 6.58 Å². The van der Waals surface area contributed by atoms with E-state index in [4.69, 9.17) is 0 Å². The lowest BCUT2D eigenvalue weighted by atomic mass is 9.77. The summed E-state index contributed by atoms with van der Waals surface area (Å²) >= 11 is 0. The summed E-state index contributed by atoms with van der Waals surface area (Å²) in [5.41, 5.74) is 8.75. The van der Waals surface area contributed by atoms with Crippen molar-refractivity contribution in [1.29, 1.82) is 0 Å². The van der Waals surface area contributed by atoms with Crippen LogP contribution in [0, 0.1) is 12.8 Å². The molecule has 0 heterocycles. The fourth-order valence-corrected chi connectivity index (χ4v) is 2.95. The lowest BCUT2D eigenvalue weighted by Crippen LogP contribution is -2.55. The van der Waals surface area contributed by atoms with Crippen LogP contribution in [-0.4, -0.2) is 5.91 Å². The van der Waals surface area contributed by atoms with E-state index in [9.17, 15) is 4.79 Å². The van der Waals surface area contributed by atoms with E-state index < -0.39 is 5.54 Å². The van der Waals surface area contributed by atoms with E-state index in [1.54, 1.807) is 12.1 Å². The summed E-state index contributed by atoms with van der Waals surface area (Å²) in [5.74, 6) is -0.00178. The number of carbonyl (C=O) groups is 1. The summed E-state index contributed by atoms with van der Waals surface area (Å²) in [6.45, 7) is 10.2. The van der Waals surface area contributed by atoms with E-state index in [1.807, 2.05) is 24.3 Å². The van der Waals surface area contributed by atoms with Crippen molar-refractivity contribution >= 4 is 5.91 Å². The molecule has 0 aromatic heterocycles. The minimum absolute atomic E-state index is 0.140. The minimum Gasteiger partial charge on any atom is -0.287 e. The molecule has 3 nitrogen and oxygen atoms in total. The normalized spacial score (nSPS) is 14.5. The molecular formula is C21H26N2O. The van der Waals surface area contributed by atoms with Crippen molar-refractivity contribution in [3.63, 3.8) is 0 Å². The molecule has 0 aliphatic heterocycles. The Bertz CT molecular complexity index is 679. The van der Waals surface area contributed by atoms with E-state index in [1.165, 1.54) is 5.56 Å². The van der Waals surface area contributed by atoms with E-state index in [-0.39, 0.29) is 11.8 Å². The molecule has 1 amide bonds. The van der Waals surface area contributed by atoms with Crippen LogP contribution in [0.1, 0.15) is 41.8 Å². The predicted molar refractivity (Wildman–Crippen MR) is 99.6 cm³/mol. The highest BCUT2D eigenvalue weighted by Crippen LogP contribution is 2.33. The van der Waals surface area contributed by atoms with E-state index in [0.29, 0.717) is 5.56 Å². The van der Waals surface area contributed by atoms with Gasteiger partial charge in [0, 0.05) is 5.56 Å². The van der Waals surface area contributed by atoms with Crippen LogP contribution in [-0.2, 0) is 5.54 Å². The van der Waals surface area contributed by atoms with Crippen molar-refractivity contribution < 1.29 is 4.79 Å². The molecule has 24 heavy (non-hydrogen) atoms. The first-order chi connectivity index (χ1) is 11.5. The molecular weight excluding hydrogens is 296 g/mol. The van der Waals surface area contributed by atoms with Crippen molar-refractivity contribution in [3.8, 4) is 0 Å². The van der Waals surface area contributed by atoms with Crippen LogP contribution in [0.3, 0.4) is 0 Å². The van der Waals surface area contributed by atoms with Gasteiger partial charge in [0.15, 0.2) is 0 Å². The van der Waals surface area contributed by atoms with E-state index in [0.717, 1.165) is 12.0 Å². The largest absolute Gasteiger partial charge is 0.287 e. The van der Waals surface area contributed by atoms with Crippen LogP contribution in [0.2, 0.25) is 0 Å². The van der Waals surface area contributed by atoms with Crippen molar-refractivity contribution in [2.24, 2.45) is 5.92 Å². The molecule has 0 saturated heterocycles. The minimum atomic E-state index is -0.403. The summed E-state index contributed by atoms with van der Waals surface area (Å²) in [6.07, 6.45) is 2.74. The first kappa shape index (κ1) is 18.0. The van der Waals surface area contributed by atoms with Gasteiger partial charge in [-0.25, -0.2) is 5.43 Å². The quantitative estimate of drug-likeness (QED) is 0.587. The Hall–Kier alpha value is -2.39. The molecule has 2 rings (SSSR count). The number of amides is 1. The molecule has 0 radical (unpaired) electrons. The van der Waals surface area contributed by atoms with Gasteiger partial charge in [-0.05, 0) is 37.0 Å². The summed E-state index contributed by atoms with van der Waals surface area (Å²) in [5, 5.41) is 0. The van der Waals surface area contributed by atoms with Crippen molar-refractivity contribution in [2.75, 3.05) is 0 Å². The summed E-state index contributed by atoms with van der Waals surface area (Å²) in [4.78, 5) is 12.4. The molecule has 0 bridgehead atoms. The third kappa shape index (κ3) is 3.74. The van der Waals surface area contributed by atoms with E-state index >= 15 is 0 Å². The molecule has 126 valence electrons. The number of benzene rings is 2. The van der Waals surface area contributed by atoms with Crippen LogP contribution >= 0.6 is 0 Å². The predicted octanol–water partition coefficient (Wildman–Crippen LogP) is 4.36. The summed E-state index contributed by atoms with van der Waals surface area (Å²) in [6, 6.07) is 17.6. The highest BCUT2D eigenvalue weighted by molar-refractivity contribution is 5.93. The number of hydrogen-bond acceptors (Lipinski definition) is 2. The highest BCUT2D eigenvalue weighted by Gasteiger charge is 2.35. The molecule has 3 heteroatoms. The Balaban J connectivity index is 2.28. The van der Waals surface area contributed by atoms with Crippen molar-refractivity contribution in [1.82, 2.24) is 10.9 Å². The zero-order chi connectivity index (χ0) is 17.6. The Morgan fingerprint density at radius 1 is 1.17 bits per heavy atom. The van der Waals surface area contributed by atoms with Gasteiger partial charge in [0.05, 0.1) is 5.54 Å². The lowest BCUT2D eigenvalue weighted by Gasteiger charge is -2.39. The number of aryl methyl sites for hydroxylation is 1. The number of hydrogen-bond donors (Lipinski definition) is 2. The van der Waals surface area contributed by atoms with Crippen LogP contribution in [0.5, 0.6) is 0 Å². The summed E-state index contributed by atoms with van der Waals surface area (Å²) < 4.78 is 0. The second kappa shape index (κ2) is 7.93. The third-order valence-corrected chi connectivity index (χ3v) is 4.69. The van der Waals surface area contributed by atoms with Gasteiger partial charge >= 0.3 is 0 Å². The standard InChI is InChI=1S/C21H26N2O/c1-5-17(4)21(6-2,19-14-12-16(3)13-15-19)23-22-20(24)18-10-8-7-9-11-18/h5,7-15,17,23H,1,6H2,2-4H3,(H,22,24)/t17-,21+/m1/s1. The maximum Gasteiger partial charge on any atom is 0.265 e. The molecule has 0 saturated carbocycles. The average Bonchev–Trinajstić information content (AvgIpc) is 2.63. The molecule has 2 aromatic rings. The van der Waals surface area contributed by atoms with Crippen LogP contribution in [0.15, 0.2) is 67.3 Å². The second-order valence-corrected chi connectivity index (χ2v) is 6.16. The molecule has 0 unspecified atom stereocenters. The number of carbonyl (C=O) groups excluding carboxylic acids is 1. The smallest absolute Gasteiger partial charge is 0.265 e. The Labute approximate surface area is 144 Å². The SMILES string of the molecule is C=C[C@@H](C)[C@](CC)(NNC(=O)c1ccccc1)c1ccc(C)cc1. The van der Waals surface area contributed by atoms with Crippen LogP contribution < -0.4 is 10.9 Å². The third-order valence-electron chi connectivity index (χ3n) is 4.69. The monoisotopic (exact) mass is 322 g/mol. The second-order valence-electron chi connectivity index (χ2n) is 6.16. The molecule has 2 atom stereocenters. The van der Waals surface area contributed by atoms with Gasteiger partial charge in [0.2, 0.25) is 0 Å². The summed E-state index contributed by atoms with van der Waals surface area (Å²) in [7, 11) is 0. The molecule has 0 fully saturated rings. The fraction of sp³-hybridized carbons (Fsp3) is 0.286. The molecule has 0 spiro atoms. The van der Waals surface area contributed by atoms with Gasteiger partial charge in [0.25, 0.3) is 5.91 Å². The first-order valence-electron chi connectivity index (χ1n) is 8.35. The molecule has 2 aromatic carbocycles. The van der Waals surface area contributed by atoms with Gasteiger partial charge in [-0.3, -0.25) is 10.2 Å². The Morgan fingerprint density at radius 3 is 2.33 bits per heavy atom. The van der Waals surface area contributed by atoms with Crippen LogP contribution in [0.4, 0.5) is 0 Å². The fourth-order valence-electron chi connectivity index (χ4n) is 2.95. The maximum atomic E-state index is 12.4. The van der Waals surface area contributed by atoms with E-state index in [2.05, 4.69) is 62.5 Å². The Morgan fingerprint density at radius 2 is 1.79 bits per heavy atom. The number of hydrazine groups is 1. The van der Waals surface area contributed by atoms with Gasteiger partial charge < -0.3 is 0 Å². The maximum absolute atomic E-state index is 12.4. The Kier molecular flexibility index (Phi) is 5.93. The lowest BCUT2D eigenvalue weighted by molar-refractivity contribution is 0.0883. The van der Waals surface area contributed by atoms with Gasteiger partial charge in [-0.1, -0.05) is 68.0 Å². The average molecular weight is 322 g/mol. The number of nitrogens with one attached hydrogen (secondary N) is 2. The molecule has 0 aliphatic carbocycles. The topological polar surface area (TPSA) is 41.1 Å².